The van der Waals surface area contributed by atoms with E-state index in [2.05, 4.69) is 47.9 Å². The molecule has 1 aromatic carbocycles. The Morgan fingerprint density at radius 2 is 1.92 bits per heavy atom. The largest absolute Gasteiger partial charge is 0.393 e. The molecule has 0 saturated carbocycles. The molecule has 1 aliphatic heterocycles. The monoisotopic (exact) mass is 671 g/mol. The quantitative estimate of drug-likeness (QED) is 0.173. The molecule has 2 N–H and O–H groups in total. The molecule has 0 amide bonds. The average molecular weight is 672 g/mol. The molecule has 262 valence electrons. The van der Waals surface area contributed by atoms with Crippen molar-refractivity contribution >= 4 is 33.9 Å². The molecule has 48 heavy (non-hydrogen) atoms. The average Bonchev–Trinajstić information content (AvgIpc) is 3.66. The zero-order valence-electron chi connectivity index (χ0n) is 29.2. The molecule has 1 saturated heterocycles. The third kappa shape index (κ3) is 9.76. The second-order valence-electron chi connectivity index (χ2n) is 11.8. The summed E-state index contributed by atoms with van der Waals surface area (Å²) in [5.74, 6) is 0.407. The first-order valence-corrected chi connectivity index (χ1v) is 16.3. The van der Waals surface area contributed by atoms with Crippen LogP contribution >= 0.6 is 0 Å². The van der Waals surface area contributed by atoms with Crippen molar-refractivity contribution in [3.05, 3.63) is 77.7 Å². The number of nitrogens with one attached hydrogen (secondary N) is 2. The summed E-state index contributed by atoms with van der Waals surface area (Å²) in [6.45, 7) is 16.5. The lowest BCUT2D eigenvalue weighted by molar-refractivity contribution is -0.122. The molecule has 12 heteroatoms. The maximum atomic E-state index is 14.9. The minimum absolute atomic E-state index is 0.0666. The Morgan fingerprint density at radius 1 is 1.19 bits per heavy atom. The van der Waals surface area contributed by atoms with Gasteiger partial charge in [0.15, 0.2) is 5.82 Å². The summed E-state index contributed by atoms with van der Waals surface area (Å²) in [7, 11) is 3.72. The Hall–Kier alpha value is -4.03. The zero-order chi connectivity index (χ0) is 35.6. The van der Waals surface area contributed by atoms with E-state index in [1.165, 1.54) is 0 Å². The van der Waals surface area contributed by atoms with Crippen molar-refractivity contribution in [3.8, 4) is 0 Å². The Balaban J connectivity index is 0.000000369. The van der Waals surface area contributed by atoms with E-state index in [1.807, 2.05) is 53.1 Å². The summed E-state index contributed by atoms with van der Waals surface area (Å²) < 4.78 is 62.8. The number of rotatable bonds is 9. The van der Waals surface area contributed by atoms with E-state index in [-0.39, 0.29) is 28.9 Å². The topological polar surface area (TPSA) is 84.0 Å². The molecule has 4 heterocycles. The smallest absolute Gasteiger partial charge is 0.379 e. The highest BCUT2D eigenvalue weighted by molar-refractivity contribution is 5.90. The summed E-state index contributed by atoms with van der Waals surface area (Å²) in [5, 5.41) is 9.99. The van der Waals surface area contributed by atoms with Gasteiger partial charge >= 0.3 is 6.18 Å². The number of anilines is 1. The maximum Gasteiger partial charge on any atom is 0.393 e. The number of alkyl halides is 4. The second kappa shape index (κ2) is 17.4. The first-order valence-electron chi connectivity index (χ1n) is 16.3. The highest BCUT2D eigenvalue weighted by atomic mass is 19.4. The predicted molar refractivity (Wildman–Crippen MR) is 187 cm³/mol. The highest BCUT2D eigenvalue weighted by Crippen LogP contribution is 2.38. The summed E-state index contributed by atoms with van der Waals surface area (Å²) in [5.41, 5.74) is 5.29. The van der Waals surface area contributed by atoms with Gasteiger partial charge in [0, 0.05) is 55.4 Å². The number of nitrogens with zero attached hydrogens (tertiary/aromatic N) is 5. The molecule has 0 aliphatic carbocycles. The Bertz CT molecular complexity index is 1660. The number of hydrogen-bond acceptors (Lipinski definition) is 7. The zero-order valence-corrected chi connectivity index (χ0v) is 29.2. The predicted octanol–water partition coefficient (Wildman–Crippen LogP) is 8.46. The summed E-state index contributed by atoms with van der Waals surface area (Å²) in [4.78, 5) is 10.6. The Morgan fingerprint density at radius 3 is 2.54 bits per heavy atom. The molecule has 0 bridgehead atoms. The molecular formula is C36H49F4N7O. The fraction of sp³-hybridized carbons (Fsp3) is 0.472. The van der Waals surface area contributed by atoms with Gasteiger partial charge in [-0.05, 0) is 76.1 Å². The normalized spacial score (nSPS) is 17.3. The number of halogens is 4. The van der Waals surface area contributed by atoms with Crippen molar-refractivity contribution in [2.24, 2.45) is 7.05 Å². The van der Waals surface area contributed by atoms with Gasteiger partial charge in [0.25, 0.3) is 0 Å². The number of aryl methyl sites for hydroxylation is 1. The van der Waals surface area contributed by atoms with Crippen LogP contribution in [-0.4, -0.2) is 69.2 Å². The third-order valence-electron chi connectivity index (χ3n) is 8.26. The van der Waals surface area contributed by atoms with Gasteiger partial charge in [-0.1, -0.05) is 43.8 Å². The van der Waals surface area contributed by atoms with Crippen LogP contribution < -0.4 is 10.6 Å². The van der Waals surface area contributed by atoms with Gasteiger partial charge in [-0.3, -0.25) is 9.88 Å². The van der Waals surface area contributed by atoms with Crippen molar-refractivity contribution in [1.82, 2.24) is 29.9 Å². The number of benzene rings is 1. The minimum Gasteiger partial charge on any atom is -0.379 e. The van der Waals surface area contributed by atoms with E-state index < -0.39 is 24.8 Å². The van der Waals surface area contributed by atoms with Crippen LogP contribution in [0.3, 0.4) is 0 Å². The van der Waals surface area contributed by atoms with Crippen LogP contribution in [0.15, 0.2) is 53.8 Å². The number of aromatic nitrogens is 4. The van der Waals surface area contributed by atoms with E-state index in [0.29, 0.717) is 36.3 Å². The third-order valence-corrected chi connectivity index (χ3v) is 8.26. The van der Waals surface area contributed by atoms with Crippen LogP contribution in [-0.2, 0) is 13.6 Å². The molecule has 0 radical (unpaired) electrons. The van der Waals surface area contributed by atoms with Crippen molar-refractivity contribution in [3.63, 3.8) is 0 Å². The molecule has 1 fully saturated rings. The van der Waals surface area contributed by atoms with Gasteiger partial charge in [-0.25, -0.2) is 4.39 Å². The molecule has 4 aromatic rings. The van der Waals surface area contributed by atoms with E-state index in [9.17, 15) is 17.6 Å². The van der Waals surface area contributed by atoms with Crippen LogP contribution in [0, 0.1) is 6.92 Å². The lowest BCUT2D eigenvalue weighted by Gasteiger charge is -2.38. The first-order chi connectivity index (χ1) is 22.8. The van der Waals surface area contributed by atoms with E-state index in [4.69, 9.17) is 4.52 Å². The number of hydrogen-bond donors (Lipinski definition) is 2. The van der Waals surface area contributed by atoms with Crippen LogP contribution in [0.2, 0.25) is 0 Å². The van der Waals surface area contributed by atoms with Crippen LogP contribution in [0.4, 0.5) is 23.2 Å². The van der Waals surface area contributed by atoms with Crippen molar-refractivity contribution in [2.75, 3.05) is 25.5 Å². The second-order valence-corrected chi connectivity index (χ2v) is 11.8. The number of likely N-dealkylation sites (tertiary alicyclic amines) is 1. The number of allylic oxidation sites excluding steroid dienone is 2. The van der Waals surface area contributed by atoms with Gasteiger partial charge in [-0.2, -0.15) is 18.2 Å². The minimum atomic E-state index is -4.43. The first kappa shape index (κ1) is 38.4. The van der Waals surface area contributed by atoms with Crippen LogP contribution in [0.5, 0.6) is 0 Å². The fourth-order valence-electron chi connectivity index (χ4n) is 5.67. The van der Waals surface area contributed by atoms with E-state index in [0.717, 1.165) is 23.1 Å². The Labute approximate surface area is 281 Å². The fourth-order valence-corrected chi connectivity index (χ4v) is 5.67. The van der Waals surface area contributed by atoms with Crippen molar-refractivity contribution in [2.45, 2.75) is 85.4 Å². The van der Waals surface area contributed by atoms with Crippen molar-refractivity contribution < 1.29 is 22.1 Å². The molecule has 2 atom stereocenters. The van der Waals surface area contributed by atoms with Crippen molar-refractivity contribution in [1.29, 1.82) is 0 Å². The molecule has 2 unspecified atom stereocenters. The highest BCUT2D eigenvalue weighted by Gasteiger charge is 2.33. The SMILES string of the molecule is C=Cc1cn(C)c2cccnc12.CC.CNCc1nc(/C(C)=C(\CC(F)(F)F)c2cccc(NC3CCN(C(C)C)CC3F)c2C)no1. The maximum absolute atomic E-state index is 14.9. The number of piperidine rings is 1. The van der Waals surface area contributed by atoms with Gasteiger partial charge in [0.2, 0.25) is 5.89 Å². The van der Waals surface area contributed by atoms with Gasteiger partial charge < -0.3 is 19.7 Å². The van der Waals surface area contributed by atoms with Crippen LogP contribution in [0.25, 0.3) is 28.3 Å². The van der Waals surface area contributed by atoms with E-state index >= 15 is 0 Å². The lowest BCUT2D eigenvalue weighted by Crippen LogP contribution is -2.50. The molecule has 8 nitrogen and oxygen atoms in total. The standard InChI is InChI=1S/C24H33F4N5O.C10H10N2.C2H6/c1-14(2)33-10-9-21(19(25)13-33)30-20-8-6-7-17(15(20)3)18(11-24(26,27)28)16(4)23-31-22(12-29-5)34-32-23;1-3-8-7-12(2)9-5-4-6-11-10(8)9;1-2/h6-8,14,19,21,29-30H,9-13H2,1-5H3;3-7H,1H2,2H3;1-2H3/b18-16+;;. The van der Waals surface area contributed by atoms with Crippen LogP contribution in [0.1, 0.15) is 75.9 Å². The number of fused-ring (bicyclic) bond motifs is 1. The number of pyridine rings is 1. The van der Waals surface area contributed by atoms with Gasteiger partial charge in [0.1, 0.15) is 6.17 Å². The molecule has 0 spiro atoms. The lowest BCUT2D eigenvalue weighted by atomic mass is 9.92. The molecule has 5 rings (SSSR count). The summed E-state index contributed by atoms with van der Waals surface area (Å²) >= 11 is 0. The molecule has 1 aliphatic rings. The van der Waals surface area contributed by atoms with Gasteiger partial charge in [0.05, 0.1) is 30.0 Å². The van der Waals surface area contributed by atoms with E-state index in [1.54, 1.807) is 45.3 Å². The summed E-state index contributed by atoms with van der Waals surface area (Å²) in [6, 6.07) is 8.97. The molecule has 3 aromatic heterocycles. The van der Waals surface area contributed by atoms with Gasteiger partial charge in [-0.15, -0.1) is 0 Å². The molecular weight excluding hydrogens is 622 g/mol. The summed E-state index contributed by atoms with van der Waals surface area (Å²) in [6.07, 6.45) is -0.370. The Kier molecular flexibility index (Phi) is 13.9.